The molecule has 0 aliphatic heterocycles. The molecule has 0 bridgehead atoms. The lowest BCUT2D eigenvalue weighted by atomic mass is 10.0. The lowest BCUT2D eigenvalue weighted by Gasteiger charge is -2.08. The molecule has 0 aliphatic carbocycles. The van der Waals surface area contributed by atoms with Gasteiger partial charge in [0.1, 0.15) is 5.69 Å². The van der Waals surface area contributed by atoms with Crippen molar-refractivity contribution in [1.29, 1.82) is 0 Å². The molecule has 1 aromatic heterocycles. The number of aromatic amines is 1. The quantitative estimate of drug-likeness (QED) is 0.651. The minimum absolute atomic E-state index is 0.0305. The van der Waals surface area contributed by atoms with Crippen LogP contribution in [0.3, 0.4) is 0 Å². The number of anilines is 2. The van der Waals surface area contributed by atoms with E-state index in [0.29, 0.717) is 29.3 Å². The molecule has 138 valence electrons. The first-order chi connectivity index (χ1) is 12.9. The number of carbonyl (C=O) groups excluding carboxylic acids is 1. The Bertz CT molecular complexity index is 1010. The fourth-order valence-corrected chi connectivity index (χ4v) is 2.70. The molecule has 0 radical (unpaired) electrons. The number of hydrogen-bond donors (Lipinski definition) is 2. The van der Waals surface area contributed by atoms with Gasteiger partial charge in [-0.2, -0.15) is 0 Å². The highest BCUT2D eigenvalue weighted by molar-refractivity contribution is 5.95. The summed E-state index contributed by atoms with van der Waals surface area (Å²) in [5, 5.41) is 11.1. The zero-order valence-electron chi connectivity index (χ0n) is 15.6. The minimum Gasteiger partial charge on any atom is -0.324 e. The highest BCUT2D eigenvalue weighted by Crippen LogP contribution is 2.16. The molecule has 0 spiro atoms. The van der Waals surface area contributed by atoms with Crippen molar-refractivity contribution in [2.45, 2.75) is 33.1 Å². The molecule has 3 rings (SSSR count). The second-order valence-electron chi connectivity index (χ2n) is 6.78. The summed E-state index contributed by atoms with van der Waals surface area (Å²) in [5.74, 6) is 0.672. The average Bonchev–Trinajstić information content (AvgIpc) is 2.64. The van der Waals surface area contributed by atoms with Crippen molar-refractivity contribution in [3.05, 3.63) is 81.3 Å². The lowest BCUT2D eigenvalue weighted by Crippen LogP contribution is -2.19. The van der Waals surface area contributed by atoms with E-state index in [1.165, 1.54) is 12.5 Å². The fraction of sp³-hybridized carbons (Fsp3) is 0.238. The molecular formula is C21H22N4O2. The van der Waals surface area contributed by atoms with E-state index in [4.69, 9.17) is 0 Å². The number of nitrogens with zero attached hydrogens (tertiary/aromatic N) is 2. The van der Waals surface area contributed by atoms with Crippen molar-refractivity contribution in [3.8, 4) is 0 Å². The summed E-state index contributed by atoms with van der Waals surface area (Å²) in [6, 6.07) is 15.1. The van der Waals surface area contributed by atoms with Gasteiger partial charge in [-0.1, -0.05) is 50.2 Å². The maximum Gasteiger partial charge on any atom is 0.274 e. The molecule has 0 amide bonds. The van der Waals surface area contributed by atoms with Crippen molar-refractivity contribution < 1.29 is 4.79 Å². The maximum absolute atomic E-state index is 12.3. The molecule has 2 aromatic carbocycles. The van der Waals surface area contributed by atoms with Crippen LogP contribution in [0.4, 0.5) is 11.6 Å². The van der Waals surface area contributed by atoms with Crippen molar-refractivity contribution in [3.63, 3.8) is 0 Å². The van der Waals surface area contributed by atoms with Crippen LogP contribution in [0, 0.1) is 0 Å². The molecule has 0 saturated heterocycles. The van der Waals surface area contributed by atoms with Crippen LogP contribution in [-0.2, 0) is 6.42 Å². The van der Waals surface area contributed by atoms with Crippen LogP contribution in [-0.4, -0.2) is 21.0 Å². The number of H-pyrrole nitrogens is 1. The SMILES string of the molecule is CC(=O)c1cccc(Nc2nnc(Cc3ccc(C(C)C)cc3)c(=O)[nH]2)c1. The van der Waals surface area contributed by atoms with E-state index in [9.17, 15) is 9.59 Å². The second-order valence-corrected chi connectivity index (χ2v) is 6.78. The van der Waals surface area contributed by atoms with Crippen molar-refractivity contribution in [2.75, 3.05) is 5.32 Å². The second kappa shape index (κ2) is 7.95. The summed E-state index contributed by atoms with van der Waals surface area (Å²) >= 11 is 0. The predicted molar refractivity (Wildman–Crippen MR) is 106 cm³/mol. The Labute approximate surface area is 157 Å². The zero-order valence-corrected chi connectivity index (χ0v) is 15.6. The molecule has 2 N–H and O–H groups in total. The first-order valence-electron chi connectivity index (χ1n) is 8.85. The van der Waals surface area contributed by atoms with Gasteiger partial charge in [0.15, 0.2) is 5.78 Å². The van der Waals surface area contributed by atoms with Crippen LogP contribution in [0.25, 0.3) is 0 Å². The zero-order chi connectivity index (χ0) is 19.4. The van der Waals surface area contributed by atoms with Gasteiger partial charge in [-0.3, -0.25) is 14.6 Å². The topological polar surface area (TPSA) is 87.7 Å². The van der Waals surface area contributed by atoms with E-state index in [0.717, 1.165) is 5.56 Å². The van der Waals surface area contributed by atoms with E-state index < -0.39 is 0 Å². The molecule has 27 heavy (non-hydrogen) atoms. The number of ketones is 1. The highest BCUT2D eigenvalue weighted by atomic mass is 16.1. The largest absolute Gasteiger partial charge is 0.324 e. The van der Waals surface area contributed by atoms with E-state index in [2.05, 4.69) is 46.5 Å². The highest BCUT2D eigenvalue weighted by Gasteiger charge is 2.08. The molecule has 6 heteroatoms. The number of nitrogens with one attached hydrogen (secondary N) is 2. The van der Waals surface area contributed by atoms with Gasteiger partial charge in [-0.25, -0.2) is 0 Å². The monoisotopic (exact) mass is 362 g/mol. The van der Waals surface area contributed by atoms with Gasteiger partial charge < -0.3 is 5.32 Å². The van der Waals surface area contributed by atoms with E-state index in [1.54, 1.807) is 24.3 Å². The normalized spacial score (nSPS) is 10.8. The van der Waals surface area contributed by atoms with Crippen LogP contribution < -0.4 is 10.9 Å². The van der Waals surface area contributed by atoms with E-state index >= 15 is 0 Å². The van der Waals surface area contributed by atoms with Crippen molar-refractivity contribution in [1.82, 2.24) is 15.2 Å². The van der Waals surface area contributed by atoms with Crippen LogP contribution in [0.5, 0.6) is 0 Å². The van der Waals surface area contributed by atoms with Crippen molar-refractivity contribution in [2.24, 2.45) is 0 Å². The number of Topliss-reactive ketones (excluding diaryl/α,β-unsaturated/α-hetero) is 1. The standard InChI is InChI=1S/C21H22N4O2/c1-13(2)16-9-7-15(8-10-16)11-19-20(27)23-21(25-24-19)22-18-6-4-5-17(12-18)14(3)26/h4-10,12-13H,11H2,1-3H3,(H2,22,23,25,27). The summed E-state index contributed by atoms with van der Waals surface area (Å²) in [6.45, 7) is 5.79. The Morgan fingerprint density at radius 2 is 1.85 bits per heavy atom. The van der Waals surface area contributed by atoms with Gasteiger partial charge in [0.25, 0.3) is 5.56 Å². The third kappa shape index (κ3) is 4.67. The van der Waals surface area contributed by atoms with Gasteiger partial charge in [-0.05, 0) is 36.1 Å². The molecular weight excluding hydrogens is 340 g/mol. The fourth-order valence-electron chi connectivity index (χ4n) is 2.70. The van der Waals surface area contributed by atoms with Crippen LogP contribution in [0.2, 0.25) is 0 Å². The molecule has 0 unspecified atom stereocenters. The predicted octanol–water partition coefficient (Wildman–Crippen LogP) is 3.83. The average molecular weight is 362 g/mol. The molecule has 0 fully saturated rings. The number of aromatic nitrogens is 3. The lowest BCUT2D eigenvalue weighted by molar-refractivity contribution is 0.101. The number of hydrogen-bond acceptors (Lipinski definition) is 5. The summed E-state index contributed by atoms with van der Waals surface area (Å²) in [4.78, 5) is 26.5. The number of benzene rings is 2. The summed E-state index contributed by atoms with van der Waals surface area (Å²) in [7, 11) is 0. The van der Waals surface area contributed by atoms with Gasteiger partial charge in [0.2, 0.25) is 5.95 Å². The summed E-state index contributed by atoms with van der Waals surface area (Å²) in [5.41, 5.74) is 3.57. The number of carbonyl (C=O) groups is 1. The Morgan fingerprint density at radius 1 is 1.11 bits per heavy atom. The smallest absolute Gasteiger partial charge is 0.274 e. The van der Waals surface area contributed by atoms with Crippen LogP contribution in [0.15, 0.2) is 53.3 Å². The van der Waals surface area contributed by atoms with Gasteiger partial charge >= 0.3 is 0 Å². The molecule has 3 aromatic rings. The van der Waals surface area contributed by atoms with Crippen LogP contribution >= 0.6 is 0 Å². The van der Waals surface area contributed by atoms with Gasteiger partial charge in [0, 0.05) is 17.7 Å². The maximum atomic E-state index is 12.3. The molecule has 1 heterocycles. The first kappa shape index (κ1) is 18.5. The Kier molecular flexibility index (Phi) is 5.45. The molecule has 0 saturated carbocycles. The minimum atomic E-state index is -0.289. The Morgan fingerprint density at radius 3 is 2.48 bits per heavy atom. The van der Waals surface area contributed by atoms with Crippen molar-refractivity contribution >= 4 is 17.4 Å². The Hall–Kier alpha value is -3.28. The third-order valence-electron chi connectivity index (χ3n) is 4.31. The first-order valence-corrected chi connectivity index (χ1v) is 8.85. The summed E-state index contributed by atoms with van der Waals surface area (Å²) in [6.07, 6.45) is 0.417. The molecule has 0 atom stereocenters. The third-order valence-corrected chi connectivity index (χ3v) is 4.31. The molecule has 0 aliphatic rings. The van der Waals surface area contributed by atoms with E-state index in [-0.39, 0.29) is 17.3 Å². The Balaban J connectivity index is 1.75. The van der Waals surface area contributed by atoms with Crippen LogP contribution in [0.1, 0.15) is 53.9 Å². The summed E-state index contributed by atoms with van der Waals surface area (Å²) < 4.78 is 0. The molecule has 6 nitrogen and oxygen atoms in total. The van der Waals surface area contributed by atoms with E-state index in [1.807, 2.05) is 12.1 Å². The van der Waals surface area contributed by atoms with Gasteiger partial charge in [0.05, 0.1) is 0 Å². The van der Waals surface area contributed by atoms with Gasteiger partial charge in [-0.15, -0.1) is 10.2 Å². The number of rotatable bonds is 6.